The van der Waals surface area contributed by atoms with Gasteiger partial charge >= 0.3 is 0 Å². The van der Waals surface area contributed by atoms with Crippen LogP contribution in [0.2, 0.25) is 0 Å². The lowest BCUT2D eigenvalue weighted by molar-refractivity contribution is 0.0947. The van der Waals surface area contributed by atoms with Gasteiger partial charge in [-0.25, -0.2) is 0 Å². The molecule has 162 valence electrons. The number of aromatic nitrogens is 2. The lowest BCUT2D eigenvalue weighted by atomic mass is 10.2. The molecule has 2 heterocycles. The number of carbonyl (C=O) groups excluding carboxylic acids is 1. The van der Waals surface area contributed by atoms with Crippen molar-refractivity contribution in [3.63, 3.8) is 0 Å². The standard InChI is InChI=1S/C23H27N5O2S/c1-18-25-22(30-26-18)17-31-21-9-7-19(8-10-21)23(29)24-11-12-27-13-15-28(16-14-27)20-5-3-2-4-6-20/h2-10H,11-17H2,1H3,(H,24,29). The molecule has 0 aliphatic carbocycles. The number of piperazine rings is 1. The Labute approximate surface area is 186 Å². The summed E-state index contributed by atoms with van der Waals surface area (Å²) in [6, 6.07) is 18.1. The van der Waals surface area contributed by atoms with Crippen LogP contribution in [0.1, 0.15) is 22.1 Å². The average Bonchev–Trinajstić information content (AvgIpc) is 3.24. The molecule has 4 rings (SSSR count). The van der Waals surface area contributed by atoms with E-state index in [0.29, 0.717) is 29.6 Å². The molecule has 1 saturated heterocycles. The summed E-state index contributed by atoms with van der Waals surface area (Å²) in [5.41, 5.74) is 1.95. The maximum atomic E-state index is 12.4. The zero-order valence-electron chi connectivity index (χ0n) is 17.7. The van der Waals surface area contributed by atoms with E-state index in [2.05, 4.69) is 49.5 Å². The van der Waals surface area contributed by atoms with Crippen LogP contribution in [0, 0.1) is 6.92 Å². The van der Waals surface area contributed by atoms with Crippen molar-refractivity contribution in [3.8, 4) is 0 Å². The second-order valence-electron chi connectivity index (χ2n) is 7.47. The van der Waals surface area contributed by atoms with Crippen molar-refractivity contribution in [1.29, 1.82) is 0 Å². The number of aryl methyl sites for hydroxylation is 1. The van der Waals surface area contributed by atoms with Gasteiger partial charge in [0.05, 0.1) is 5.75 Å². The normalized spacial score (nSPS) is 14.5. The summed E-state index contributed by atoms with van der Waals surface area (Å²) in [5, 5.41) is 6.82. The highest BCUT2D eigenvalue weighted by atomic mass is 32.2. The number of amides is 1. The Bertz CT molecular complexity index is 969. The minimum absolute atomic E-state index is 0.0352. The Hall–Kier alpha value is -2.84. The molecular formula is C23H27N5O2S. The number of benzene rings is 2. The second kappa shape index (κ2) is 10.5. The van der Waals surface area contributed by atoms with E-state index in [1.807, 2.05) is 30.3 Å². The molecule has 1 amide bonds. The number of nitrogens with zero attached hydrogens (tertiary/aromatic N) is 4. The zero-order valence-corrected chi connectivity index (χ0v) is 18.5. The number of anilines is 1. The molecule has 1 aromatic heterocycles. The number of hydrogen-bond donors (Lipinski definition) is 1. The van der Waals surface area contributed by atoms with Crippen LogP contribution in [-0.2, 0) is 5.75 Å². The molecule has 0 atom stereocenters. The van der Waals surface area contributed by atoms with Gasteiger partial charge in [0.25, 0.3) is 5.91 Å². The molecule has 7 nitrogen and oxygen atoms in total. The average molecular weight is 438 g/mol. The van der Waals surface area contributed by atoms with Crippen LogP contribution in [0.5, 0.6) is 0 Å². The van der Waals surface area contributed by atoms with Gasteiger partial charge in [-0.2, -0.15) is 4.98 Å². The van der Waals surface area contributed by atoms with Gasteiger partial charge < -0.3 is 14.7 Å². The van der Waals surface area contributed by atoms with Gasteiger partial charge in [-0.3, -0.25) is 9.69 Å². The first-order valence-corrected chi connectivity index (χ1v) is 11.5. The quantitative estimate of drug-likeness (QED) is 0.542. The summed E-state index contributed by atoms with van der Waals surface area (Å²) in [6.07, 6.45) is 0. The maximum Gasteiger partial charge on any atom is 0.251 e. The first-order chi connectivity index (χ1) is 15.2. The monoisotopic (exact) mass is 437 g/mol. The number of carbonyl (C=O) groups is 1. The molecular weight excluding hydrogens is 410 g/mol. The minimum atomic E-state index is -0.0352. The van der Waals surface area contributed by atoms with Crippen molar-refractivity contribution in [3.05, 3.63) is 71.9 Å². The number of nitrogens with one attached hydrogen (secondary N) is 1. The third-order valence-corrected chi connectivity index (χ3v) is 6.25. The van der Waals surface area contributed by atoms with Gasteiger partial charge in [0.1, 0.15) is 0 Å². The van der Waals surface area contributed by atoms with E-state index in [4.69, 9.17) is 4.52 Å². The van der Waals surface area contributed by atoms with Crippen molar-refractivity contribution in [2.45, 2.75) is 17.6 Å². The lowest BCUT2D eigenvalue weighted by Gasteiger charge is -2.36. The Balaban J connectivity index is 1.16. The van der Waals surface area contributed by atoms with Crippen LogP contribution < -0.4 is 10.2 Å². The van der Waals surface area contributed by atoms with E-state index in [1.54, 1.807) is 18.7 Å². The van der Waals surface area contributed by atoms with Crippen LogP contribution in [0.3, 0.4) is 0 Å². The van der Waals surface area contributed by atoms with Crippen LogP contribution in [0.25, 0.3) is 0 Å². The molecule has 1 aliphatic heterocycles. The van der Waals surface area contributed by atoms with Gasteiger partial charge in [0.2, 0.25) is 5.89 Å². The SMILES string of the molecule is Cc1noc(CSc2ccc(C(=O)NCCN3CCN(c4ccccc4)CC3)cc2)n1. The van der Waals surface area contributed by atoms with Crippen molar-refractivity contribution < 1.29 is 9.32 Å². The Kier molecular flexibility index (Phi) is 7.22. The van der Waals surface area contributed by atoms with Crippen molar-refractivity contribution in [2.75, 3.05) is 44.2 Å². The first kappa shape index (κ1) is 21.4. The summed E-state index contributed by atoms with van der Waals surface area (Å²) in [5.74, 6) is 1.82. The molecule has 0 bridgehead atoms. The zero-order chi connectivity index (χ0) is 21.5. The summed E-state index contributed by atoms with van der Waals surface area (Å²) in [7, 11) is 0. The summed E-state index contributed by atoms with van der Waals surface area (Å²) >= 11 is 1.60. The summed E-state index contributed by atoms with van der Waals surface area (Å²) in [4.78, 5) is 22.5. The fraction of sp³-hybridized carbons (Fsp3) is 0.348. The largest absolute Gasteiger partial charge is 0.369 e. The smallest absolute Gasteiger partial charge is 0.251 e. The number of rotatable bonds is 8. The van der Waals surface area contributed by atoms with Gasteiger partial charge in [0, 0.05) is 55.4 Å². The number of hydrogen-bond acceptors (Lipinski definition) is 7. The molecule has 1 N–H and O–H groups in total. The molecule has 8 heteroatoms. The Morgan fingerprint density at radius 1 is 1.06 bits per heavy atom. The van der Waals surface area contributed by atoms with Crippen molar-refractivity contribution in [1.82, 2.24) is 20.4 Å². The predicted octanol–water partition coefficient (Wildman–Crippen LogP) is 3.22. The van der Waals surface area contributed by atoms with Crippen LogP contribution in [-0.4, -0.2) is 60.2 Å². The summed E-state index contributed by atoms with van der Waals surface area (Å²) in [6.45, 7) is 7.37. The molecule has 0 spiro atoms. The highest BCUT2D eigenvalue weighted by Gasteiger charge is 2.17. The number of para-hydroxylation sites is 1. The van der Waals surface area contributed by atoms with Crippen LogP contribution >= 0.6 is 11.8 Å². The molecule has 1 fully saturated rings. The van der Waals surface area contributed by atoms with Gasteiger partial charge in [-0.1, -0.05) is 23.4 Å². The highest BCUT2D eigenvalue weighted by Crippen LogP contribution is 2.22. The molecule has 1 aliphatic rings. The Morgan fingerprint density at radius 3 is 2.48 bits per heavy atom. The van der Waals surface area contributed by atoms with Crippen LogP contribution in [0.15, 0.2) is 64.0 Å². The van der Waals surface area contributed by atoms with E-state index < -0.39 is 0 Å². The van der Waals surface area contributed by atoms with Gasteiger partial charge in [0.15, 0.2) is 5.82 Å². The summed E-state index contributed by atoms with van der Waals surface area (Å²) < 4.78 is 5.12. The van der Waals surface area contributed by atoms with Gasteiger partial charge in [-0.05, 0) is 43.3 Å². The topological polar surface area (TPSA) is 74.5 Å². The van der Waals surface area contributed by atoms with E-state index >= 15 is 0 Å². The molecule has 0 radical (unpaired) electrons. The van der Waals surface area contributed by atoms with E-state index in [9.17, 15) is 4.79 Å². The predicted molar refractivity (Wildman–Crippen MR) is 122 cm³/mol. The third-order valence-electron chi connectivity index (χ3n) is 5.26. The van der Waals surface area contributed by atoms with E-state index in [1.165, 1.54) is 5.69 Å². The van der Waals surface area contributed by atoms with E-state index in [-0.39, 0.29) is 5.91 Å². The van der Waals surface area contributed by atoms with Gasteiger partial charge in [-0.15, -0.1) is 11.8 Å². The molecule has 0 unspecified atom stereocenters. The minimum Gasteiger partial charge on any atom is -0.369 e. The first-order valence-electron chi connectivity index (χ1n) is 10.5. The molecule has 31 heavy (non-hydrogen) atoms. The van der Waals surface area contributed by atoms with Crippen molar-refractivity contribution in [2.24, 2.45) is 0 Å². The number of thioether (sulfide) groups is 1. The van der Waals surface area contributed by atoms with Crippen LogP contribution in [0.4, 0.5) is 5.69 Å². The molecule has 0 saturated carbocycles. The molecule has 3 aromatic rings. The maximum absolute atomic E-state index is 12.4. The van der Waals surface area contributed by atoms with E-state index in [0.717, 1.165) is 37.6 Å². The lowest BCUT2D eigenvalue weighted by Crippen LogP contribution is -2.48. The second-order valence-corrected chi connectivity index (χ2v) is 8.52. The third kappa shape index (κ3) is 6.08. The fourth-order valence-electron chi connectivity index (χ4n) is 3.54. The highest BCUT2D eigenvalue weighted by molar-refractivity contribution is 7.98. The fourth-order valence-corrected chi connectivity index (χ4v) is 4.28. The van der Waals surface area contributed by atoms with Crippen molar-refractivity contribution >= 4 is 23.4 Å². The molecule has 2 aromatic carbocycles. The Morgan fingerprint density at radius 2 is 1.81 bits per heavy atom.